The molecule has 3 aromatic rings. The number of halogens is 1. The molecule has 0 aliphatic heterocycles. The van der Waals surface area contributed by atoms with Crippen molar-refractivity contribution in [3.05, 3.63) is 82.4 Å². The van der Waals surface area contributed by atoms with Crippen molar-refractivity contribution in [3.8, 4) is 17.0 Å². The van der Waals surface area contributed by atoms with Crippen molar-refractivity contribution in [1.29, 1.82) is 0 Å². The molecule has 3 rings (SSSR count). The third kappa shape index (κ3) is 3.74. The quantitative estimate of drug-likeness (QED) is 0.765. The number of hydrogen-bond acceptors (Lipinski definition) is 3. The van der Waals surface area contributed by atoms with Gasteiger partial charge < -0.3 is 15.0 Å². The molecule has 0 bridgehead atoms. The fraction of sp³-hybridized carbons (Fsp3) is 0.0526. The molecule has 0 fully saturated rings. The van der Waals surface area contributed by atoms with E-state index in [2.05, 4.69) is 10.3 Å². The monoisotopic (exact) mass is 338 g/mol. The highest BCUT2D eigenvalue weighted by Crippen LogP contribution is 2.17. The Balaban J connectivity index is 1.81. The molecule has 0 saturated heterocycles. The van der Waals surface area contributed by atoms with Crippen LogP contribution in [0, 0.1) is 5.82 Å². The molecule has 1 amide bonds. The zero-order chi connectivity index (χ0) is 17.8. The Morgan fingerprint density at radius 3 is 2.28 bits per heavy atom. The summed E-state index contributed by atoms with van der Waals surface area (Å²) in [5.74, 6) is -0.210. The summed E-state index contributed by atoms with van der Waals surface area (Å²) < 4.78 is 18.0. The van der Waals surface area contributed by atoms with Crippen molar-refractivity contribution in [2.75, 3.05) is 12.4 Å². The standard InChI is InChI=1S/C19H15FN2O3/c1-25-15-8-6-14(7-9-15)21-18(23)16-10-11-17(22-19(16)24)12-2-4-13(20)5-3-12/h2-11H,1H3,(H,21,23)(H,22,24). The highest BCUT2D eigenvalue weighted by Gasteiger charge is 2.12. The number of benzene rings is 2. The first-order valence-corrected chi connectivity index (χ1v) is 7.51. The van der Waals surface area contributed by atoms with Gasteiger partial charge in [0.2, 0.25) is 0 Å². The minimum Gasteiger partial charge on any atom is -0.497 e. The predicted octanol–water partition coefficient (Wildman–Crippen LogP) is 3.44. The van der Waals surface area contributed by atoms with Gasteiger partial charge in [-0.25, -0.2) is 4.39 Å². The van der Waals surface area contributed by atoms with Crippen LogP contribution < -0.4 is 15.6 Å². The molecule has 2 N–H and O–H groups in total. The van der Waals surface area contributed by atoms with E-state index in [9.17, 15) is 14.0 Å². The third-order valence-electron chi connectivity index (χ3n) is 3.66. The molecular weight excluding hydrogens is 323 g/mol. The largest absolute Gasteiger partial charge is 0.497 e. The lowest BCUT2D eigenvalue weighted by atomic mass is 10.1. The molecule has 6 heteroatoms. The van der Waals surface area contributed by atoms with Crippen LogP contribution in [-0.4, -0.2) is 18.0 Å². The number of aromatic amines is 1. The number of carbonyl (C=O) groups excluding carboxylic acids is 1. The number of nitrogens with one attached hydrogen (secondary N) is 2. The van der Waals surface area contributed by atoms with Crippen molar-refractivity contribution < 1.29 is 13.9 Å². The molecule has 0 spiro atoms. The van der Waals surface area contributed by atoms with Crippen LogP contribution in [0.1, 0.15) is 10.4 Å². The van der Waals surface area contributed by atoms with Crippen molar-refractivity contribution in [2.24, 2.45) is 0 Å². The number of anilines is 1. The minimum absolute atomic E-state index is 0.0123. The van der Waals surface area contributed by atoms with Gasteiger partial charge in [0.05, 0.1) is 7.11 Å². The van der Waals surface area contributed by atoms with Gasteiger partial charge in [-0.2, -0.15) is 0 Å². The van der Waals surface area contributed by atoms with E-state index < -0.39 is 11.5 Å². The number of pyridine rings is 1. The van der Waals surface area contributed by atoms with Gasteiger partial charge in [0.15, 0.2) is 0 Å². The van der Waals surface area contributed by atoms with Crippen LogP contribution in [0.5, 0.6) is 5.75 Å². The van der Waals surface area contributed by atoms with E-state index in [-0.39, 0.29) is 11.4 Å². The number of amides is 1. The van der Waals surface area contributed by atoms with Crippen molar-refractivity contribution in [1.82, 2.24) is 4.98 Å². The summed E-state index contributed by atoms with van der Waals surface area (Å²) in [6.07, 6.45) is 0. The topological polar surface area (TPSA) is 71.2 Å². The molecular formula is C19H15FN2O3. The molecule has 0 radical (unpaired) electrons. The maximum atomic E-state index is 13.0. The number of aromatic nitrogens is 1. The van der Waals surface area contributed by atoms with Crippen LogP contribution in [0.15, 0.2) is 65.5 Å². The molecule has 126 valence electrons. The number of methoxy groups -OCH3 is 1. The van der Waals surface area contributed by atoms with Crippen molar-refractivity contribution in [3.63, 3.8) is 0 Å². The van der Waals surface area contributed by atoms with Crippen LogP contribution in [-0.2, 0) is 0 Å². The maximum absolute atomic E-state index is 13.0. The SMILES string of the molecule is COc1ccc(NC(=O)c2ccc(-c3ccc(F)cc3)[nH]c2=O)cc1. The van der Waals surface area contributed by atoms with E-state index in [0.29, 0.717) is 22.7 Å². The van der Waals surface area contributed by atoms with E-state index in [1.165, 1.54) is 18.2 Å². The van der Waals surface area contributed by atoms with Gasteiger partial charge in [0, 0.05) is 11.4 Å². The number of carbonyl (C=O) groups is 1. The molecule has 0 aliphatic carbocycles. The smallest absolute Gasteiger partial charge is 0.261 e. The average Bonchev–Trinajstić information content (AvgIpc) is 2.62. The summed E-state index contributed by atoms with van der Waals surface area (Å²) in [7, 11) is 1.55. The van der Waals surface area contributed by atoms with Crippen LogP contribution in [0.3, 0.4) is 0 Å². The summed E-state index contributed by atoms with van der Waals surface area (Å²) in [6.45, 7) is 0. The molecule has 1 aromatic heterocycles. The summed E-state index contributed by atoms with van der Waals surface area (Å²) in [5.41, 5.74) is 1.17. The molecule has 1 heterocycles. The van der Waals surface area contributed by atoms with E-state index in [1.807, 2.05) is 0 Å². The van der Waals surface area contributed by atoms with Crippen molar-refractivity contribution in [2.45, 2.75) is 0 Å². The number of ether oxygens (including phenoxy) is 1. The fourth-order valence-electron chi connectivity index (χ4n) is 2.32. The Hall–Kier alpha value is -3.41. The Labute approximate surface area is 143 Å². The summed E-state index contributed by atoms with van der Waals surface area (Å²) in [5, 5.41) is 2.65. The highest BCUT2D eigenvalue weighted by molar-refractivity contribution is 6.04. The van der Waals surface area contributed by atoms with E-state index in [4.69, 9.17) is 4.74 Å². The first kappa shape index (κ1) is 16.4. The number of H-pyrrole nitrogens is 1. The van der Waals surface area contributed by atoms with Gasteiger partial charge in [-0.1, -0.05) is 0 Å². The van der Waals surface area contributed by atoms with Gasteiger partial charge in [-0.15, -0.1) is 0 Å². The van der Waals surface area contributed by atoms with E-state index in [0.717, 1.165) is 0 Å². The number of hydrogen-bond donors (Lipinski definition) is 2. The molecule has 0 saturated carbocycles. The lowest BCUT2D eigenvalue weighted by molar-refractivity contribution is 0.102. The molecule has 25 heavy (non-hydrogen) atoms. The number of rotatable bonds is 4. The maximum Gasteiger partial charge on any atom is 0.261 e. The Kier molecular flexibility index (Phi) is 4.61. The summed E-state index contributed by atoms with van der Waals surface area (Å²) in [4.78, 5) is 27.1. The second kappa shape index (κ2) is 7.00. The summed E-state index contributed by atoms with van der Waals surface area (Å²) >= 11 is 0. The first-order valence-electron chi connectivity index (χ1n) is 7.51. The summed E-state index contributed by atoms with van der Waals surface area (Å²) in [6, 6.07) is 15.5. The minimum atomic E-state index is -0.521. The zero-order valence-electron chi connectivity index (χ0n) is 13.4. The average molecular weight is 338 g/mol. The van der Waals surface area contributed by atoms with Gasteiger partial charge in [0.1, 0.15) is 17.1 Å². The molecule has 0 aliphatic rings. The Morgan fingerprint density at radius 2 is 1.68 bits per heavy atom. The molecule has 0 atom stereocenters. The second-order valence-corrected chi connectivity index (χ2v) is 5.30. The van der Waals surface area contributed by atoms with E-state index >= 15 is 0 Å². The Bertz CT molecular complexity index is 948. The van der Waals surface area contributed by atoms with Gasteiger partial charge in [-0.05, 0) is 66.2 Å². The molecule has 0 unspecified atom stereocenters. The first-order chi connectivity index (χ1) is 12.1. The van der Waals surface area contributed by atoms with Gasteiger partial charge in [0.25, 0.3) is 11.5 Å². The van der Waals surface area contributed by atoms with Crippen LogP contribution >= 0.6 is 0 Å². The molecule has 2 aromatic carbocycles. The lowest BCUT2D eigenvalue weighted by Crippen LogP contribution is -2.23. The lowest BCUT2D eigenvalue weighted by Gasteiger charge is -2.07. The van der Waals surface area contributed by atoms with Gasteiger partial charge in [-0.3, -0.25) is 9.59 Å². The molecule has 5 nitrogen and oxygen atoms in total. The van der Waals surface area contributed by atoms with Crippen LogP contribution in [0.2, 0.25) is 0 Å². The normalized spacial score (nSPS) is 10.3. The highest BCUT2D eigenvalue weighted by atomic mass is 19.1. The third-order valence-corrected chi connectivity index (χ3v) is 3.66. The van der Waals surface area contributed by atoms with Crippen LogP contribution in [0.4, 0.5) is 10.1 Å². The Morgan fingerprint density at radius 1 is 1.00 bits per heavy atom. The second-order valence-electron chi connectivity index (χ2n) is 5.30. The predicted molar refractivity (Wildman–Crippen MR) is 93.4 cm³/mol. The van der Waals surface area contributed by atoms with Gasteiger partial charge >= 0.3 is 0 Å². The van der Waals surface area contributed by atoms with Crippen molar-refractivity contribution >= 4 is 11.6 Å². The zero-order valence-corrected chi connectivity index (χ0v) is 13.4. The fourth-order valence-corrected chi connectivity index (χ4v) is 2.32. The van der Waals surface area contributed by atoms with Crippen LogP contribution in [0.25, 0.3) is 11.3 Å². The van der Waals surface area contributed by atoms with E-state index in [1.54, 1.807) is 49.6 Å².